The van der Waals surface area contributed by atoms with Crippen LogP contribution in [0.1, 0.15) is 23.2 Å². The lowest BCUT2D eigenvalue weighted by molar-refractivity contribution is -0.172. The minimum absolute atomic E-state index is 0.0873. The molecule has 2 amide bonds. The van der Waals surface area contributed by atoms with Crippen molar-refractivity contribution in [1.82, 2.24) is 5.06 Å². The van der Waals surface area contributed by atoms with Crippen LogP contribution in [0.5, 0.6) is 0 Å². The van der Waals surface area contributed by atoms with Crippen LogP contribution in [-0.4, -0.2) is 22.8 Å². The summed E-state index contributed by atoms with van der Waals surface area (Å²) in [6.07, 6.45) is 0.175. The second kappa shape index (κ2) is 5.35. The van der Waals surface area contributed by atoms with Crippen molar-refractivity contribution in [2.24, 2.45) is 0 Å². The van der Waals surface area contributed by atoms with Gasteiger partial charge < -0.3 is 4.84 Å². The van der Waals surface area contributed by atoms with Crippen LogP contribution in [0.4, 0.5) is 0 Å². The third-order valence-corrected chi connectivity index (χ3v) is 4.66. The van der Waals surface area contributed by atoms with Gasteiger partial charge in [0.25, 0.3) is 11.8 Å². The molecule has 1 aliphatic rings. The molecule has 1 aromatic carbocycles. The molecule has 0 spiro atoms. The number of nitrogens with zero attached hydrogens (tertiary/aromatic N) is 1. The van der Waals surface area contributed by atoms with Gasteiger partial charge in [0.2, 0.25) is 0 Å². The predicted molar refractivity (Wildman–Crippen MR) is 73.4 cm³/mol. The smallest absolute Gasteiger partial charge is 0.325 e. The second-order valence-corrected chi connectivity index (χ2v) is 5.61. The fourth-order valence-corrected chi connectivity index (χ4v) is 2.18. The highest BCUT2D eigenvalue weighted by molar-refractivity contribution is 14.1. The lowest BCUT2D eigenvalue weighted by Gasteiger charge is -2.12. The maximum absolute atomic E-state index is 11.8. The zero-order valence-corrected chi connectivity index (χ0v) is 12.7. The first-order valence-electron chi connectivity index (χ1n) is 5.02. The Kier molecular flexibility index (Phi) is 4.00. The van der Waals surface area contributed by atoms with Crippen molar-refractivity contribution < 1.29 is 19.2 Å². The number of rotatable bonds is 2. The molecule has 0 bridgehead atoms. The lowest BCUT2D eigenvalue weighted by Crippen LogP contribution is -2.32. The fraction of sp³-hybridized carbons (Fsp3) is 0.182. The molecule has 1 aliphatic heterocycles. The summed E-state index contributed by atoms with van der Waals surface area (Å²) in [6.45, 7) is 0. The number of halogens is 2. The van der Waals surface area contributed by atoms with Gasteiger partial charge in [-0.05, 0) is 56.7 Å². The molecule has 0 unspecified atom stereocenters. The van der Waals surface area contributed by atoms with Gasteiger partial charge in [-0.1, -0.05) is 0 Å². The van der Waals surface area contributed by atoms with Gasteiger partial charge in [-0.3, -0.25) is 9.59 Å². The number of hydroxylamine groups is 2. The van der Waals surface area contributed by atoms with Crippen LogP contribution in [0.3, 0.4) is 0 Å². The van der Waals surface area contributed by atoms with Crippen molar-refractivity contribution in [2.75, 3.05) is 0 Å². The van der Waals surface area contributed by atoms with Crippen molar-refractivity contribution in [1.29, 1.82) is 0 Å². The van der Waals surface area contributed by atoms with Crippen LogP contribution in [0, 0.1) is 3.57 Å². The van der Waals surface area contributed by atoms with E-state index in [9.17, 15) is 14.4 Å². The average Bonchev–Trinajstić information content (AvgIpc) is 2.64. The Balaban J connectivity index is 2.14. The molecule has 5 nitrogen and oxygen atoms in total. The first kappa shape index (κ1) is 13.5. The molecular weight excluding hydrogens is 417 g/mol. The Bertz CT molecular complexity index is 530. The molecule has 18 heavy (non-hydrogen) atoms. The first-order valence-corrected chi connectivity index (χ1v) is 6.89. The molecule has 0 atom stereocenters. The van der Waals surface area contributed by atoms with Crippen LogP contribution in [-0.2, 0) is 14.4 Å². The molecule has 1 heterocycles. The molecule has 1 fully saturated rings. The summed E-state index contributed by atoms with van der Waals surface area (Å²) < 4.78 is 1.69. The summed E-state index contributed by atoms with van der Waals surface area (Å²) in [5.74, 6) is -1.69. The third-order valence-electron chi connectivity index (χ3n) is 2.34. The number of carbonyl (C=O) groups is 3. The van der Waals surface area contributed by atoms with Gasteiger partial charge in [-0.25, -0.2) is 4.79 Å². The minimum atomic E-state index is -0.719. The number of amides is 2. The summed E-state index contributed by atoms with van der Waals surface area (Å²) in [5, 5.41) is 0.539. The van der Waals surface area contributed by atoms with Crippen LogP contribution in [0.15, 0.2) is 22.7 Å². The standard InChI is InChI=1S/C11H7BrINO4/c12-7-2-1-6(5-8(7)13)11(17)18-14-9(15)3-4-10(14)16/h1-2,5H,3-4H2. The lowest BCUT2D eigenvalue weighted by atomic mass is 10.2. The van der Waals surface area contributed by atoms with Gasteiger partial charge in [0.15, 0.2) is 0 Å². The Morgan fingerprint density at radius 1 is 1.28 bits per heavy atom. The maximum Gasteiger partial charge on any atom is 0.363 e. The summed E-state index contributed by atoms with van der Waals surface area (Å²) in [6, 6.07) is 4.86. The van der Waals surface area contributed by atoms with E-state index in [0.717, 1.165) is 8.04 Å². The highest BCUT2D eigenvalue weighted by Gasteiger charge is 2.33. The van der Waals surface area contributed by atoms with Gasteiger partial charge in [0, 0.05) is 20.9 Å². The van der Waals surface area contributed by atoms with E-state index in [-0.39, 0.29) is 18.4 Å². The van der Waals surface area contributed by atoms with E-state index < -0.39 is 17.8 Å². The number of imide groups is 1. The molecule has 1 aromatic rings. The van der Waals surface area contributed by atoms with Crippen LogP contribution < -0.4 is 0 Å². The quantitative estimate of drug-likeness (QED) is 0.540. The monoisotopic (exact) mass is 423 g/mol. The highest BCUT2D eigenvalue weighted by Crippen LogP contribution is 2.21. The highest BCUT2D eigenvalue weighted by atomic mass is 127. The van der Waals surface area contributed by atoms with Crippen LogP contribution in [0.2, 0.25) is 0 Å². The average molecular weight is 424 g/mol. The molecule has 7 heteroatoms. The van der Waals surface area contributed by atoms with Crippen molar-refractivity contribution in [3.8, 4) is 0 Å². The topological polar surface area (TPSA) is 63.7 Å². The summed E-state index contributed by atoms with van der Waals surface area (Å²) in [7, 11) is 0. The normalized spacial score (nSPS) is 15.1. The van der Waals surface area contributed by atoms with Gasteiger partial charge in [-0.2, -0.15) is 0 Å². The molecule has 0 radical (unpaired) electrons. The molecule has 0 saturated carbocycles. The number of benzene rings is 1. The van der Waals surface area contributed by atoms with E-state index in [1.165, 1.54) is 0 Å². The van der Waals surface area contributed by atoms with Crippen molar-refractivity contribution in [3.05, 3.63) is 31.8 Å². The second-order valence-electron chi connectivity index (χ2n) is 3.59. The molecule has 0 aromatic heterocycles. The van der Waals surface area contributed by atoms with Crippen molar-refractivity contribution in [2.45, 2.75) is 12.8 Å². The summed E-state index contributed by atoms with van der Waals surface area (Å²) in [5.41, 5.74) is 0.287. The van der Waals surface area contributed by atoms with E-state index in [0.29, 0.717) is 5.06 Å². The SMILES string of the molecule is O=C(ON1C(=O)CCC1=O)c1ccc(Br)c(I)c1. The minimum Gasteiger partial charge on any atom is -0.325 e. The molecule has 94 valence electrons. The van der Waals surface area contributed by atoms with Crippen molar-refractivity contribution >= 4 is 56.3 Å². The van der Waals surface area contributed by atoms with Gasteiger partial charge >= 0.3 is 5.97 Å². The molecule has 0 N–H and O–H groups in total. The summed E-state index contributed by atoms with van der Waals surface area (Å²) >= 11 is 5.36. The maximum atomic E-state index is 11.8. The van der Waals surface area contributed by atoms with E-state index in [1.807, 2.05) is 0 Å². The Morgan fingerprint density at radius 2 is 1.89 bits per heavy atom. The summed E-state index contributed by atoms with van der Waals surface area (Å²) in [4.78, 5) is 39.1. The number of hydrogen-bond acceptors (Lipinski definition) is 4. The molecular formula is C11H7BrINO4. The molecule has 2 rings (SSSR count). The van der Waals surface area contributed by atoms with E-state index in [1.54, 1.807) is 18.2 Å². The van der Waals surface area contributed by atoms with Gasteiger partial charge in [0.1, 0.15) is 0 Å². The van der Waals surface area contributed by atoms with Gasteiger partial charge in [0.05, 0.1) is 5.56 Å². The number of hydrogen-bond donors (Lipinski definition) is 0. The van der Waals surface area contributed by atoms with E-state index in [2.05, 4.69) is 38.5 Å². The Labute approximate surface area is 125 Å². The largest absolute Gasteiger partial charge is 0.363 e. The van der Waals surface area contributed by atoms with E-state index in [4.69, 9.17) is 4.84 Å². The van der Waals surface area contributed by atoms with Gasteiger partial charge in [-0.15, -0.1) is 5.06 Å². The Morgan fingerprint density at radius 3 is 2.44 bits per heavy atom. The Hall–Kier alpha value is -0.960. The predicted octanol–water partition coefficient (Wildman–Crippen LogP) is 2.27. The third kappa shape index (κ3) is 2.72. The zero-order chi connectivity index (χ0) is 13.3. The zero-order valence-electron chi connectivity index (χ0n) is 8.98. The fourth-order valence-electron chi connectivity index (χ4n) is 1.42. The van der Waals surface area contributed by atoms with Crippen LogP contribution in [0.25, 0.3) is 0 Å². The number of carbonyl (C=O) groups excluding carboxylic acids is 3. The molecule has 1 saturated heterocycles. The first-order chi connectivity index (χ1) is 8.49. The van der Waals surface area contributed by atoms with E-state index >= 15 is 0 Å². The van der Waals surface area contributed by atoms with Crippen molar-refractivity contribution in [3.63, 3.8) is 0 Å². The molecule has 0 aliphatic carbocycles. The van der Waals surface area contributed by atoms with Crippen LogP contribution >= 0.6 is 38.5 Å².